The van der Waals surface area contributed by atoms with E-state index in [1.165, 1.54) is 0 Å². The van der Waals surface area contributed by atoms with Gasteiger partial charge >= 0.3 is 0 Å². The molecule has 1 saturated heterocycles. The van der Waals surface area contributed by atoms with E-state index in [1.807, 2.05) is 6.92 Å². The molecule has 0 spiro atoms. The van der Waals surface area contributed by atoms with Crippen molar-refractivity contribution < 1.29 is 13.2 Å². The third-order valence-corrected chi connectivity index (χ3v) is 7.75. The number of hydrogen-bond acceptors (Lipinski definition) is 4. The molecule has 0 aromatic heterocycles. The molecule has 0 saturated carbocycles. The first-order valence-corrected chi connectivity index (χ1v) is 10.4. The van der Waals surface area contributed by atoms with Crippen LogP contribution in [0.25, 0.3) is 0 Å². The second-order valence-corrected chi connectivity index (χ2v) is 9.45. The van der Waals surface area contributed by atoms with E-state index in [2.05, 4.69) is 12.2 Å². The largest absolute Gasteiger partial charge is 0.325 e. The van der Waals surface area contributed by atoms with Crippen molar-refractivity contribution in [2.75, 3.05) is 24.2 Å². The Labute approximate surface area is 141 Å². The van der Waals surface area contributed by atoms with Crippen LogP contribution in [0.2, 0.25) is 0 Å². The number of anilines is 1. The molecule has 1 unspecified atom stereocenters. The van der Waals surface area contributed by atoms with E-state index in [0.717, 1.165) is 17.7 Å². The van der Waals surface area contributed by atoms with Crippen LogP contribution in [-0.4, -0.2) is 37.5 Å². The summed E-state index contributed by atoms with van der Waals surface area (Å²) in [5, 5.41) is 2.85. The maximum atomic E-state index is 12.8. The molecule has 2 heterocycles. The van der Waals surface area contributed by atoms with Gasteiger partial charge in [-0.2, -0.15) is 4.31 Å². The van der Waals surface area contributed by atoms with Gasteiger partial charge in [0, 0.05) is 29.7 Å². The number of benzene rings is 1. The zero-order chi connectivity index (χ0) is 16.6. The summed E-state index contributed by atoms with van der Waals surface area (Å²) < 4.78 is 27.2. The van der Waals surface area contributed by atoms with Crippen LogP contribution >= 0.6 is 11.8 Å². The molecule has 2 aliphatic rings. The first kappa shape index (κ1) is 16.8. The van der Waals surface area contributed by atoms with Gasteiger partial charge in [0.1, 0.15) is 0 Å². The highest BCUT2D eigenvalue weighted by Gasteiger charge is 2.29. The van der Waals surface area contributed by atoms with Crippen molar-refractivity contribution in [1.29, 1.82) is 0 Å². The SMILES string of the molecule is CC1CCN(S(=O)(=O)c2ccc3c(c2)NC(=O)C(C)CS3)CC1. The van der Waals surface area contributed by atoms with Crippen molar-refractivity contribution in [3.8, 4) is 0 Å². The van der Waals surface area contributed by atoms with E-state index < -0.39 is 10.0 Å². The summed E-state index contributed by atoms with van der Waals surface area (Å²) >= 11 is 1.58. The minimum atomic E-state index is -3.49. The normalized spacial score (nSPS) is 23.9. The molecule has 7 heteroatoms. The number of nitrogens with zero attached hydrogens (tertiary/aromatic N) is 1. The number of carbonyl (C=O) groups excluding carboxylic acids is 1. The number of piperidine rings is 1. The minimum absolute atomic E-state index is 0.0578. The van der Waals surface area contributed by atoms with Crippen molar-refractivity contribution in [3.63, 3.8) is 0 Å². The van der Waals surface area contributed by atoms with Crippen LogP contribution in [0.3, 0.4) is 0 Å². The van der Waals surface area contributed by atoms with Crippen LogP contribution in [-0.2, 0) is 14.8 Å². The van der Waals surface area contributed by atoms with Gasteiger partial charge in [-0.05, 0) is 37.0 Å². The predicted octanol–water partition coefficient (Wildman–Crippen LogP) is 2.79. The molecule has 1 aromatic carbocycles. The Balaban J connectivity index is 1.89. The van der Waals surface area contributed by atoms with Gasteiger partial charge in [0.25, 0.3) is 0 Å². The van der Waals surface area contributed by atoms with Crippen molar-refractivity contribution in [3.05, 3.63) is 18.2 Å². The smallest absolute Gasteiger partial charge is 0.243 e. The Kier molecular flexibility index (Phi) is 4.71. The molecule has 0 aliphatic carbocycles. The van der Waals surface area contributed by atoms with Crippen LogP contribution in [0.4, 0.5) is 5.69 Å². The molecule has 1 N–H and O–H groups in total. The van der Waals surface area contributed by atoms with Crippen LogP contribution in [0, 0.1) is 11.8 Å². The summed E-state index contributed by atoms with van der Waals surface area (Å²) in [6.07, 6.45) is 1.79. The molecule has 126 valence electrons. The highest BCUT2D eigenvalue weighted by molar-refractivity contribution is 7.99. The van der Waals surface area contributed by atoms with Crippen LogP contribution in [0.15, 0.2) is 28.0 Å². The molecule has 0 radical (unpaired) electrons. The second kappa shape index (κ2) is 6.45. The summed E-state index contributed by atoms with van der Waals surface area (Å²) in [5.74, 6) is 1.13. The van der Waals surface area contributed by atoms with E-state index in [4.69, 9.17) is 0 Å². The fourth-order valence-corrected chi connectivity index (χ4v) is 5.32. The van der Waals surface area contributed by atoms with Gasteiger partial charge in [-0.25, -0.2) is 8.42 Å². The summed E-state index contributed by atoms with van der Waals surface area (Å²) in [5.41, 5.74) is 0.607. The number of amides is 1. The van der Waals surface area contributed by atoms with Crippen molar-refractivity contribution in [2.24, 2.45) is 11.8 Å². The van der Waals surface area contributed by atoms with Gasteiger partial charge in [0.2, 0.25) is 15.9 Å². The minimum Gasteiger partial charge on any atom is -0.325 e. The van der Waals surface area contributed by atoms with Crippen molar-refractivity contribution in [2.45, 2.75) is 36.5 Å². The molecule has 2 aliphatic heterocycles. The Hall–Kier alpha value is -1.05. The van der Waals surface area contributed by atoms with E-state index in [-0.39, 0.29) is 16.7 Å². The maximum absolute atomic E-state index is 12.8. The van der Waals surface area contributed by atoms with Crippen molar-refractivity contribution in [1.82, 2.24) is 4.31 Å². The summed E-state index contributed by atoms with van der Waals surface area (Å²) in [4.78, 5) is 13.2. The van der Waals surface area contributed by atoms with Gasteiger partial charge in [-0.3, -0.25) is 4.79 Å². The molecular weight excluding hydrogens is 332 g/mol. The molecule has 23 heavy (non-hydrogen) atoms. The Morgan fingerprint density at radius 2 is 1.91 bits per heavy atom. The molecule has 1 atom stereocenters. The number of carbonyl (C=O) groups is 1. The zero-order valence-electron chi connectivity index (χ0n) is 13.4. The van der Waals surface area contributed by atoms with Crippen LogP contribution in [0.1, 0.15) is 26.7 Å². The summed E-state index contributed by atoms with van der Waals surface area (Å²) in [6.45, 7) is 5.17. The lowest BCUT2D eigenvalue weighted by Crippen LogP contribution is -2.37. The molecule has 1 amide bonds. The van der Waals surface area contributed by atoms with Gasteiger partial charge in [0.05, 0.1) is 10.6 Å². The lowest BCUT2D eigenvalue weighted by molar-refractivity contribution is -0.118. The molecule has 3 rings (SSSR count). The fourth-order valence-electron chi connectivity index (χ4n) is 2.81. The molecular formula is C16H22N2O3S2. The van der Waals surface area contributed by atoms with Gasteiger partial charge in [0.15, 0.2) is 0 Å². The highest BCUT2D eigenvalue weighted by Crippen LogP contribution is 2.35. The number of rotatable bonds is 2. The van der Waals surface area contributed by atoms with Crippen molar-refractivity contribution >= 4 is 33.4 Å². The fraction of sp³-hybridized carbons (Fsp3) is 0.562. The molecule has 1 fully saturated rings. The Morgan fingerprint density at radius 1 is 1.22 bits per heavy atom. The average molecular weight is 354 g/mol. The maximum Gasteiger partial charge on any atom is 0.243 e. The number of thioether (sulfide) groups is 1. The number of fused-ring (bicyclic) bond motifs is 1. The highest BCUT2D eigenvalue weighted by atomic mass is 32.2. The Bertz CT molecular complexity index is 710. The first-order chi connectivity index (χ1) is 10.9. The second-order valence-electron chi connectivity index (χ2n) is 6.45. The van der Waals surface area contributed by atoms with Crippen LogP contribution < -0.4 is 5.32 Å². The van der Waals surface area contributed by atoms with E-state index >= 15 is 0 Å². The quantitative estimate of drug-likeness (QED) is 0.887. The molecule has 0 bridgehead atoms. The van der Waals surface area contributed by atoms with Gasteiger partial charge in [-0.15, -0.1) is 11.8 Å². The number of hydrogen-bond donors (Lipinski definition) is 1. The Morgan fingerprint density at radius 3 is 2.61 bits per heavy atom. The van der Waals surface area contributed by atoms with Crippen LogP contribution in [0.5, 0.6) is 0 Å². The van der Waals surface area contributed by atoms with E-state index in [9.17, 15) is 13.2 Å². The van der Waals surface area contributed by atoms with E-state index in [1.54, 1.807) is 34.3 Å². The molecule has 1 aromatic rings. The standard InChI is InChI=1S/C16H22N2O3S2/c1-11-5-7-18(8-6-11)23(20,21)13-3-4-15-14(9-13)17-16(19)12(2)10-22-15/h3-4,9,11-12H,5-8,10H2,1-2H3,(H,17,19). The first-order valence-electron chi connectivity index (χ1n) is 7.96. The summed E-state index contributed by atoms with van der Waals surface area (Å²) in [6, 6.07) is 5.06. The predicted molar refractivity (Wildman–Crippen MR) is 92.1 cm³/mol. The zero-order valence-corrected chi connectivity index (χ0v) is 15.0. The monoisotopic (exact) mass is 354 g/mol. The lowest BCUT2D eigenvalue weighted by Gasteiger charge is -2.29. The molecule has 5 nitrogen and oxygen atoms in total. The van der Waals surface area contributed by atoms with Gasteiger partial charge in [-0.1, -0.05) is 13.8 Å². The van der Waals surface area contributed by atoms with Gasteiger partial charge < -0.3 is 5.32 Å². The summed E-state index contributed by atoms with van der Waals surface area (Å²) in [7, 11) is -3.49. The van der Waals surface area contributed by atoms with E-state index in [0.29, 0.717) is 30.4 Å². The average Bonchev–Trinajstić information content (AvgIpc) is 2.66. The third kappa shape index (κ3) is 3.41. The number of nitrogens with one attached hydrogen (secondary N) is 1. The lowest BCUT2D eigenvalue weighted by atomic mass is 10.0. The topological polar surface area (TPSA) is 66.5 Å². The number of sulfonamides is 1. The third-order valence-electron chi connectivity index (χ3n) is 4.53.